The van der Waals surface area contributed by atoms with Gasteiger partial charge in [0.15, 0.2) is 0 Å². The molecule has 1 heterocycles. The largest absolute Gasteiger partial charge is 0.308 e. The minimum Gasteiger partial charge on any atom is -0.308 e. The zero-order valence-electron chi connectivity index (χ0n) is 8.41. The first-order valence-electron chi connectivity index (χ1n) is 4.80. The van der Waals surface area contributed by atoms with Crippen LogP contribution in [-0.4, -0.2) is 4.37 Å². The number of nitrogens with one attached hydrogen (secondary N) is 1. The molecule has 2 rings (SSSR count). The zero-order valence-corrected chi connectivity index (χ0v) is 12.4. The summed E-state index contributed by atoms with van der Waals surface area (Å²) in [6.07, 6.45) is 1.83. The van der Waals surface area contributed by atoms with Crippen LogP contribution >= 0.6 is 43.4 Å². The first-order valence-corrected chi connectivity index (χ1v) is 7.16. The molecule has 1 N–H and O–H groups in total. The highest BCUT2D eigenvalue weighted by atomic mass is 79.9. The fourth-order valence-electron chi connectivity index (χ4n) is 1.32. The third-order valence-electron chi connectivity index (χ3n) is 2.15. The van der Waals surface area contributed by atoms with Crippen molar-refractivity contribution < 1.29 is 0 Å². The monoisotopic (exact) mass is 360 g/mol. The summed E-state index contributed by atoms with van der Waals surface area (Å²) in [7, 11) is 0. The number of hydrogen-bond acceptors (Lipinski definition) is 3. The van der Waals surface area contributed by atoms with Gasteiger partial charge in [0.2, 0.25) is 0 Å². The topological polar surface area (TPSA) is 24.9 Å². The standard InChI is InChI=1S/C11H10Br2N2S/c12-9-4-2-1-3-8(9)5-14-7-11-10(13)6-15-16-11/h1-4,6,14H,5,7H2. The van der Waals surface area contributed by atoms with E-state index in [0.29, 0.717) is 0 Å². The Morgan fingerprint density at radius 3 is 2.62 bits per heavy atom. The van der Waals surface area contributed by atoms with Gasteiger partial charge in [-0.05, 0) is 39.1 Å². The highest BCUT2D eigenvalue weighted by Gasteiger charge is 2.02. The van der Waals surface area contributed by atoms with Crippen LogP contribution in [0.4, 0.5) is 0 Å². The maximum atomic E-state index is 4.11. The average Bonchev–Trinajstić information content (AvgIpc) is 2.67. The minimum absolute atomic E-state index is 0.840. The summed E-state index contributed by atoms with van der Waals surface area (Å²) in [5, 5.41) is 3.40. The summed E-state index contributed by atoms with van der Waals surface area (Å²) in [6.45, 7) is 1.69. The van der Waals surface area contributed by atoms with Crippen LogP contribution in [0.25, 0.3) is 0 Å². The molecule has 2 nitrogen and oxygen atoms in total. The molecule has 0 aliphatic rings. The molecular weight excluding hydrogens is 352 g/mol. The number of halogens is 2. The molecule has 5 heteroatoms. The van der Waals surface area contributed by atoms with Crippen LogP contribution in [0.5, 0.6) is 0 Å². The Kier molecular flexibility index (Phi) is 4.52. The van der Waals surface area contributed by atoms with E-state index in [0.717, 1.165) is 22.0 Å². The Hall–Kier alpha value is -0.230. The maximum Gasteiger partial charge on any atom is 0.0552 e. The predicted octanol–water partition coefficient (Wildman–Crippen LogP) is 3.96. The maximum absolute atomic E-state index is 4.11. The molecule has 84 valence electrons. The van der Waals surface area contributed by atoms with Gasteiger partial charge in [0.05, 0.1) is 15.5 Å². The van der Waals surface area contributed by atoms with Crippen molar-refractivity contribution >= 4 is 43.4 Å². The summed E-state index contributed by atoms with van der Waals surface area (Å²) in [5.74, 6) is 0. The average molecular weight is 362 g/mol. The first kappa shape index (κ1) is 12.2. The second-order valence-corrected chi connectivity index (χ2v) is 5.89. The Balaban J connectivity index is 1.89. The van der Waals surface area contributed by atoms with Gasteiger partial charge in [0.25, 0.3) is 0 Å². The van der Waals surface area contributed by atoms with E-state index < -0.39 is 0 Å². The van der Waals surface area contributed by atoms with E-state index in [1.165, 1.54) is 22.0 Å². The van der Waals surface area contributed by atoms with Crippen molar-refractivity contribution in [2.75, 3.05) is 0 Å². The molecule has 0 aliphatic heterocycles. The molecule has 0 atom stereocenters. The van der Waals surface area contributed by atoms with Crippen LogP contribution in [-0.2, 0) is 13.1 Å². The summed E-state index contributed by atoms with van der Waals surface area (Å²) in [6, 6.07) is 8.23. The van der Waals surface area contributed by atoms with Crippen LogP contribution in [0.15, 0.2) is 39.4 Å². The van der Waals surface area contributed by atoms with Crippen molar-refractivity contribution in [3.05, 3.63) is 49.8 Å². The lowest BCUT2D eigenvalue weighted by molar-refractivity contribution is 0.697. The van der Waals surface area contributed by atoms with Crippen LogP contribution in [0.3, 0.4) is 0 Å². The lowest BCUT2D eigenvalue weighted by atomic mass is 10.2. The SMILES string of the molecule is Brc1ccccc1CNCc1sncc1Br. The van der Waals surface area contributed by atoms with Crippen molar-refractivity contribution in [2.45, 2.75) is 13.1 Å². The first-order chi connectivity index (χ1) is 7.77. The molecular formula is C11H10Br2N2S. The van der Waals surface area contributed by atoms with Crippen molar-refractivity contribution in [1.82, 2.24) is 9.69 Å². The number of aromatic nitrogens is 1. The second-order valence-electron chi connectivity index (χ2n) is 3.29. The van der Waals surface area contributed by atoms with Gasteiger partial charge in [0.1, 0.15) is 0 Å². The quantitative estimate of drug-likeness (QED) is 0.891. The Bertz CT molecular complexity index is 471. The van der Waals surface area contributed by atoms with E-state index in [1.807, 2.05) is 18.3 Å². The number of hydrogen-bond donors (Lipinski definition) is 1. The third kappa shape index (κ3) is 3.13. The van der Waals surface area contributed by atoms with Crippen LogP contribution in [0, 0.1) is 0 Å². The zero-order chi connectivity index (χ0) is 11.4. The van der Waals surface area contributed by atoms with E-state index in [-0.39, 0.29) is 0 Å². The van der Waals surface area contributed by atoms with E-state index in [9.17, 15) is 0 Å². The van der Waals surface area contributed by atoms with Gasteiger partial charge in [-0.2, -0.15) is 4.37 Å². The molecule has 0 fully saturated rings. The van der Waals surface area contributed by atoms with Gasteiger partial charge >= 0.3 is 0 Å². The molecule has 0 saturated carbocycles. The molecule has 0 radical (unpaired) electrons. The Labute approximate surface area is 116 Å². The van der Waals surface area contributed by atoms with E-state index in [2.05, 4.69) is 53.7 Å². The summed E-state index contributed by atoms with van der Waals surface area (Å²) in [5.41, 5.74) is 1.27. The van der Waals surface area contributed by atoms with E-state index in [4.69, 9.17) is 0 Å². The van der Waals surface area contributed by atoms with Crippen molar-refractivity contribution in [2.24, 2.45) is 0 Å². The molecule has 0 bridgehead atoms. The van der Waals surface area contributed by atoms with Gasteiger partial charge in [-0.15, -0.1) is 0 Å². The van der Waals surface area contributed by atoms with Crippen LogP contribution in [0.1, 0.15) is 10.4 Å². The molecule has 0 saturated heterocycles. The molecule has 2 aromatic rings. The molecule has 0 aliphatic carbocycles. The highest BCUT2D eigenvalue weighted by Crippen LogP contribution is 2.20. The van der Waals surface area contributed by atoms with Crippen LogP contribution < -0.4 is 5.32 Å². The fourth-order valence-corrected chi connectivity index (χ4v) is 2.93. The van der Waals surface area contributed by atoms with Crippen molar-refractivity contribution in [3.63, 3.8) is 0 Å². The van der Waals surface area contributed by atoms with Gasteiger partial charge < -0.3 is 5.32 Å². The molecule has 1 aromatic carbocycles. The van der Waals surface area contributed by atoms with E-state index in [1.54, 1.807) is 0 Å². The molecule has 1 aromatic heterocycles. The van der Waals surface area contributed by atoms with Gasteiger partial charge in [-0.1, -0.05) is 34.1 Å². The molecule has 0 amide bonds. The van der Waals surface area contributed by atoms with Gasteiger partial charge in [-0.25, -0.2) is 0 Å². The third-order valence-corrected chi connectivity index (χ3v) is 4.67. The molecule has 16 heavy (non-hydrogen) atoms. The predicted molar refractivity (Wildman–Crippen MR) is 74.5 cm³/mol. The smallest absolute Gasteiger partial charge is 0.0552 e. The minimum atomic E-state index is 0.840. The Morgan fingerprint density at radius 1 is 1.12 bits per heavy atom. The van der Waals surface area contributed by atoms with Crippen molar-refractivity contribution in [1.29, 1.82) is 0 Å². The highest BCUT2D eigenvalue weighted by molar-refractivity contribution is 9.10. The van der Waals surface area contributed by atoms with Gasteiger partial charge in [-0.3, -0.25) is 0 Å². The summed E-state index contributed by atoms with van der Waals surface area (Å²) >= 11 is 8.51. The molecule has 0 unspecified atom stereocenters. The van der Waals surface area contributed by atoms with Crippen LogP contribution in [0.2, 0.25) is 0 Å². The number of benzene rings is 1. The second kappa shape index (κ2) is 5.91. The molecule has 0 spiro atoms. The van der Waals surface area contributed by atoms with Gasteiger partial charge in [0, 0.05) is 17.6 Å². The normalized spacial score (nSPS) is 10.6. The number of nitrogens with zero attached hydrogens (tertiary/aromatic N) is 1. The van der Waals surface area contributed by atoms with E-state index >= 15 is 0 Å². The summed E-state index contributed by atoms with van der Waals surface area (Å²) < 4.78 is 6.34. The summed E-state index contributed by atoms with van der Waals surface area (Å²) in [4.78, 5) is 1.23. The van der Waals surface area contributed by atoms with Crippen molar-refractivity contribution in [3.8, 4) is 0 Å². The Morgan fingerprint density at radius 2 is 1.94 bits per heavy atom. The number of rotatable bonds is 4. The fraction of sp³-hybridized carbons (Fsp3) is 0.182. The lowest BCUT2D eigenvalue weighted by Gasteiger charge is -2.05. The lowest BCUT2D eigenvalue weighted by Crippen LogP contribution is -2.12.